The number of ether oxygens (including phenoxy) is 1. The molecule has 0 saturated carbocycles. The summed E-state index contributed by atoms with van der Waals surface area (Å²) in [5, 5.41) is 11.6. The van der Waals surface area contributed by atoms with E-state index in [0.717, 1.165) is 5.56 Å². The van der Waals surface area contributed by atoms with Crippen LogP contribution in [0.2, 0.25) is 0 Å². The Balaban J connectivity index is 2.38. The van der Waals surface area contributed by atoms with Gasteiger partial charge in [-0.15, -0.1) is 0 Å². The van der Waals surface area contributed by atoms with Gasteiger partial charge in [-0.05, 0) is 31.0 Å². The molecular formula is C13H19NO3. The largest absolute Gasteiger partial charge is 0.484 e. The highest BCUT2D eigenvalue weighted by Crippen LogP contribution is 2.11. The predicted molar refractivity (Wildman–Crippen MR) is 66.0 cm³/mol. The van der Waals surface area contributed by atoms with Gasteiger partial charge in [0, 0.05) is 0 Å². The van der Waals surface area contributed by atoms with E-state index in [1.165, 1.54) is 0 Å². The van der Waals surface area contributed by atoms with E-state index in [2.05, 4.69) is 5.32 Å². The van der Waals surface area contributed by atoms with Crippen molar-refractivity contribution in [3.05, 3.63) is 29.8 Å². The van der Waals surface area contributed by atoms with Crippen LogP contribution in [-0.2, 0) is 4.79 Å². The van der Waals surface area contributed by atoms with Crippen molar-refractivity contribution < 1.29 is 14.6 Å². The van der Waals surface area contributed by atoms with Gasteiger partial charge in [0.05, 0.1) is 12.6 Å². The van der Waals surface area contributed by atoms with Crippen LogP contribution in [0, 0.1) is 6.92 Å². The third-order valence-electron chi connectivity index (χ3n) is 2.44. The van der Waals surface area contributed by atoms with Crippen LogP contribution < -0.4 is 10.1 Å². The first-order chi connectivity index (χ1) is 8.15. The van der Waals surface area contributed by atoms with Crippen molar-refractivity contribution in [3.8, 4) is 5.75 Å². The number of aryl methyl sites for hydroxylation is 1. The van der Waals surface area contributed by atoms with Gasteiger partial charge in [-0.3, -0.25) is 4.79 Å². The third kappa shape index (κ3) is 4.87. The summed E-state index contributed by atoms with van der Waals surface area (Å²) in [7, 11) is 0. The van der Waals surface area contributed by atoms with Crippen LogP contribution in [0.15, 0.2) is 24.3 Å². The molecule has 1 unspecified atom stereocenters. The normalized spacial score (nSPS) is 11.9. The van der Waals surface area contributed by atoms with Gasteiger partial charge < -0.3 is 15.2 Å². The number of hydrogen-bond acceptors (Lipinski definition) is 3. The monoisotopic (exact) mass is 237 g/mol. The average Bonchev–Trinajstić information content (AvgIpc) is 2.33. The minimum atomic E-state index is -0.215. The highest BCUT2D eigenvalue weighted by atomic mass is 16.5. The van der Waals surface area contributed by atoms with E-state index < -0.39 is 0 Å². The molecule has 0 saturated heterocycles. The molecule has 0 fully saturated rings. The molecule has 1 amide bonds. The number of aliphatic hydroxyl groups excluding tert-OH is 1. The van der Waals surface area contributed by atoms with E-state index in [9.17, 15) is 4.79 Å². The molecule has 0 heterocycles. The van der Waals surface area contributed by atoms with Crippen molar-refractivity contribution in [2.45, 2.75) is 26.3 Å². The third-order valence-corrected chi connectivity index (χ3v) is 2.44. The minimum absolute atomic E-state index is 0.0278. The van der Waals surface area contributed by atoms with Crippen molar-refractivity contribution in [2.75, 3.05) is 13.2 Å². The molecule has 4 nitrogen and oxygen atoms in total. The van der Waals surface area contributed by atoms with Gasteiger partial charge in [-0.1, -0.05) is 19.1 Å². The Hall–Kier alpha value is -1.55. The molecular weight excluding hydrogens is 218 g/mol. The van der Waals surface area contributed by atoms with Crippen molar-refractivity contribution >= 4 is 5.91 Å². The molecule has 1 aromatic rings. The molecule has 0 bridgehead atoms. The summed E-state index contributed by atoms with van der Waals surface area (Å²) in [6, 6.07) is 7.33. The van der Waals surface area contributed by atoms with E-state index >= 15 is 0 Å². The number of carbonyl (C=O) groups excluding carboxylic acids is 1. The van der Waals surface area contributed by atoms with Crippen molar-refractivity contribution in [1.29, 1.82) is 0 Å². The lowest BCUT2D eigenvalue weighted by molar-refractivity contribution is -0.124. The fourth-order valence-electron chi connectivity index (χ4n) is 1.40. The van der Waals surface area contributed by atoms with Crippen LogP contribution in [-0.4, -0.2) is 30.3 Å². The average molecular weight is 237 g/mol. The Morgan fingerprint density at radius 1 is 1.53 bits per heavy atom. The molecule has 0 aliphatic carbocycles. The summed E-state index contributed by atoms with van der Waals surface area (Å²) in [6.07, 6.45) is 0.701. The number of hydrogen-bond donors (Lipinski definition) is 2. The van der Waals surface area contributed by atoms with Gasteiger partial charge in [-0.2, -0.15) is 0 Å². The molecule has 1 aromatic carbocycles. The van der Waals surface area contributed by atoms with Gasteiger partial charge in [0.2, 0.25) is 0 Å². The maximum absolute atomic E-state index is 11.5. The Kier molecular flexibility index (Phi) is 5.49. The second-order valence-corrected chi connectivity index (χ2v) is 3.96. The molecule has 94 valence electrons. The summed E-state index contributed by atoms with van der Waals surface area (Å²) in [6.45, 7) is 3.79. The first kappa shape index (κ1) is 13.5. The maximum Gasteiger partial charge on any atom is 0.258 e. The van der Waals surface area contributed by atoms with Gasteiger partial charge >= 0.3 is 0 Å². The van der Waals surface area contributed by atoms with Gasteiger partial charge in [0.25, 0.3) is 5.91 Å². The minimum Gasteiger partial charge on any atom is -0.484 e. The molecule has 1 atom stereocenters. The first-order valence-electron chi connectivity index (χ1n) is 5.75. The van der Waals surface area contributed by atoms with Crippen molar-refractivity contribution in [2.24, 2.45) is 0 Å². The number of carbonyl (C=O) groups is 1. The zero-order valence-corrected chi connectivity index (χ0v) is 10.3. The summed E-state index contributed by atoms with van der Waals surface area (Å²) >= 11 is 0. The van der Waals surface area contributed by atoms with Crippen LogP contribution in [0.4, 0.5) is 0 Å². The van der Waals surface area contributed by atoms with E-state index in [1.54, 1.807) is 0 Å². The van der Waals surface area contributed by atoms with Gasteiger partial charge in [-0.25, -0.2) is 0 Å². The lowest BCUT2D eigenvalue weighted by Gasteiger charge is -2.14. The standard InChI is InChI=1S/C13H19NO3/c1-3-11(8-15)14-13(16)9-17-12-6-4-5-10(2)7-12/h4-7,11,15H,3,8-9H2,1-2H3,(H,14,16). The molecule has 0 aromatic heterocycles. The Labute approximate surface area is 102 Å². The smallest absolute Gasteiger partial charge is 0.258 e. The SMILES string of the molecule is CCC(CO)NC(=O)COc1cccc(C)c1. The van der Waals surface area contributed by atoms with Gasteiger partial charge in [0.1, 0.15) is 5.75 Å². The van der Waals surface area contributed by atoms with Crippen LogP contribution in [0.1, 0.15) is 18.9 Å². The fraction of sp³-hybridized carbons (Fsp3) is 0.462. The summed E-state index contributed by atoms with van der Waals surface area (Å²) in [5.41, 5.74) is 1.09. The van der Waals surface area contributed by atoms with Crippen LogP contribution >= 0.6 is 0 Å². The number of rotatable bonds is 6. The van der Waals surface area contributed by atoms with Crippen LogP contribution in [0.5, 0.6) is 5.75 Å². The molecule has 0 aliphatic heterocycles. The second-order valence-electron chi connectivity index (χ2n) is 3.96. The lowest BCUT2D eigenvalue weighted by Crippen LogP contribution is -2.39. The Morgan fingerprint density at radius 2 is 2.29 bits per heavy atom. The maximum atomic E-state index is 11.5. The van der Waals surface area contributed by atoms with E-state index in [0.29, 0.717) is 12.2 Å². The Bertz CT molecular complexity index is 361. The zero-order valence-electron chi connectivity index (χ0n) is 10.3. The second kappa shape index (κ2) is 6.91. The van der Waals surface area contributed by atoms with Crippen molar-refractivity contribution in [1.82, 2.24) is 5.32 Å². The van der Waals surface area contributed by atoms with Gasteiger partial charge in [0.15, 0.2) is 6.61 Å². The molecule has 2 N–H and O–H groups in total. The zero-order chi connectivity index (χ0) is 12.7. The number of aliphatic hydroxyl groups is 1. The molecule has 17 heavy (non-hydrogen) atoms. The predicted octanol–water partition coefficient (Wildman–Crippen LogP) is 1.26. The van der Waals surface area contributed by atoms with E-state index in [-0.39, 0.29) is 25.2 Å². The topological polar surface area (TPSA) is 58.6 Å². The number of amides is 1. The highest BCUT2D eigenvalue weighted by Gasteiger charge is 2.09. The molecule has 1 rings (SSSR count). The fourth-order valence-corrected chi connectivity index (χ4v) is 1.40. The summed E-state index contributed by atoms with van der Waals surface area (Å²) in [5.74, 6) is 0.463. The quantitative estimate of drug-likeness (QED) is 0.783. The number of benzene rings is 1. The summed E-state index contributed by atoms with van der Waals surface area (Å²) in [4.78, 5) is 11.5. The first-order valence-corrected chi connectivity index (χ1v) is 5.75. The van der Waals surface area contributed by atoms with E-state index in [1.807, 2.05) is 38.1 Å². The Morgan fingerprint density at radius 3 is 2.88 bits per heavy atom. The molecule has 0 aliphatic rings. The molecule has 0 spiro atoms. The summed E-state index contributed by atoms with van der Waals surface area (Å²) < 4.78 is 5.34. The van der Waals surface area contributed by atoms with Crippen molar-refractivity contribution in [3.63, 3.8) is 0 Å². The van der Waals surface area contributed by atoms with E-state index in [4.69, 9.17) is 9.84 Å². The molecule has 0 radical (unpaired) electrons. The van der Waals surface area contributed by atoms with Crippen LogP contribution in [0.3, 0.4) is 0 Å². The number of nitrogens with one attached hydrogen (secondary N) is 1. The lowest BCUT2D eigenvalue weighted by atomic mass is 10.2. The highest BCUT2D eigenvalue weighted by molar-refractivity contribution is 5.77. The van der Waals surface area contributed by atoms with Crippen LogP contribution in [0.25, 0.3) is 0 Å². The molecule has 4 heteroatoms.